The Labute approximate surface area is 122 Å². The van der Waals surface area contributed by atoms with E-state index in [1.54, 1.807) is 13.3 Å². The number of methoxy groups -OCH3 is 1. The average Bonchev–Trinajstić information content (AvgIpc) is 2.51. The second-order valence-electron chi connectivity index (χ2n) is 4.94. The SMILES string of the molecule is COCCOC1C(=O)CC1Oc1cccc2cccnc12. The molecule has 0 spiro atoms. The van der Waals surface area contributed by atoms with Gasteiger partial charge >= 0.3 is 0 Å². The van der Waals surface area contributed by atoms with Crippen molar-refractivity contribution in [3.63, 3.8) is 0 Å². The van der Waals surface area contributed by atoms with Crippen molar-refractivity contribution in [2.24, 2.45) is 0 Å². The zero-order valence-corrected chi connectivity index (χ0v) is 11.8. The largest absolute Gasteiger partial charge is 0.484 e. The number of benzene rings is 1. The van der Waals surface area contributed by atoms with Gasteiger partial charge in [0.15, 0.2) is 11.9 Å². The van der Waals surface area contributed by atoms with Crippen molar-refractivity contribution >= 4 is 16.7 Å². The van der Waals surface area contributed by atoms with Gasteiger partial charge in [0.2, 0.25) is 0 Å². The van der Waals surface area contributed by atoms with Gasteiger partial charge in [-0.1, -0.05) is 18.2 Å². The molecule has 1 aliphatic carbocycles. The average molecular weight is 287 g/mol. The summed E-state index contributed by atoms with van der Waals surface area (Å²) >= 11 is 0. The van der Waals surface area contributed by atoms with Crippen LogP contribution in [-0.2, 0) is 14.3 Å². The Hall–Kier alpha value is -1.98. The van der Waals surface area contributed by atoms with Gasteiger partial charge in [-0.3, -0.25) is 9.78 Å². The lowest BCUT2D eigenvalue weighted by atomic mass is 9.90. The number of hydrogen-bond donors (Lipinski definition) is 0. The molecular weight excluding hydrogens is 270 g/mol. The summed E-state index contributed by atoms with van der Waals surface area (Å²) in [4.78, 5) is 16.0. The van der Waals surface area contributed by atoms with E-state index in [1.807, 2.05) is 30.3 Å². The monoisotopic (exact) mass is 287 g/mol. The Morgan fingerprint density at radius 1 is 1.24 bits per heavy atom. The topological polar surface area (TPSA) is 57.7 Å². The molecule has 1 saturated carbocycles. The summed E-state index contributed by atoms with van der Waals surface area (Å²) < 4.78 is 16.4. The first kappa shape index (κ1) is 14.0. The van der Waals surface area contributed by atoms with Gasteiger partial charge in [-0.15, -0.1) is 0 Å². The molecule has 1 heterocycles. The number of ether oxygens (including phenoxy) is 3. The highest BCUT2D eigenvalue weighted by Crippen LogP contribution is 2.29. The maximum absolute atomic E-state index is 11.6. The van der Waals surface area contributed by atoms with Crippen LogP contribution in [0.3, 0.4) is 0 Å². The maximum Gasteiger partial charge on any atom is 0.169 e. The number of pyridine rings is 1. The molecule has 2 atom stereocenters. The van der Waals surface area contributed by atoms with Crippen LogP contribution in [0.5, 0.6) is 5.75 Å². The molecule has 2 aromatic rings. The fourth-order valence-electron chi connectivity index (χ4n) is 2.36. The molecule has 2 unspecified atom stereocenters. The van der Waals surface area contributed by atoms with E-state index in [2.05, 4.69) is 4.98 Å². The van der Waals surface area contributed by atoms with E-state index in [4.69, 9.17) is 14.2 Å². The number of fused-ring (bicyclic) bond motifs is 1. The van der Waals surface area contributed by atoms with E-state index < -0.39 is 6.10 Å². The Bertz CT molecular complexity index is 638. The van der Waals surface area contributed by atoms with Gasteiger partial charge in [0.05, 0.1) is 13.2 Å². The standard InChI is InChI=1S/C16H17NO4/c1-19-8-9-20-16-12(18)10-14(16)21-13-6-2-4-11-5-3-7-17-15(11)13/h2-7,14,16H,8-10H2,1H3. The number of Topliss-reactive ketones (excluding diaryl/α,β-unsaturated/α-hetero) is 1. The van der Waals surface area contributed by atoms with Crippen LogP contribution in [0.4, 0.5) is 0 Å². The van der Waals surface area contributed by atoms with Crippen molar-refractivity contribution in [1.82, 2.24) is 4.98 Å². The van der Waals surface area contributed by atoms with Crippen LogP contribution >= 0.6 is 0 Å². The maximum atomic E-state index is 11.6. The Balaban J connectivity index is 1.72. The number of hydrogen-bond acceptors (Lipinski definition) is 5. The summed E-state index contributed by atoms with van der Waals surface area (Å²) in [6.45, 7) is 0.854. The zero-order chi connectivity index (χ0) is 14.7. The van der Waals surface area contributed by atoms with Crippen molar-refractivity contribution < 1.29 is 19.0 Å². The molecule has 5 heteroatoms. The summed E-state index contributed by atoms with van der Waals surface area (Å²) in [7, 11) is 1.60. The van der Waals surface area contributed by atoms with Gasteiger partial charge < -0.3 is 14.2 Å². The molecule has 21 heavy (non-hydrogen) atoms. The lowest BCUT2D eigenvalue weighted by Gasteiger charge is -2.34. The molecule has 1 fully saturated rings. The molecule has 0 amide bonds. The molecule has 0 saturated heterocycles. The minimum Gasteiger partial charge on any atom is -0.484 e. The first-order valence-electron chi connectivity index (χ1n) is 6.93. The molecule has 0 radical (unpaired) electrons. The fourth-order valence-corrected chi connectivity index (χ4v) is 2.36. The molecular formula is C16H17NO4. The van der Waals surface area contributed by atoms with E-state index in [1.165, 1.54) is 0 Å². The van der Waals surface area contributed by atoms with E-state index >= 15 is 0 Å². The molecule has 0 bridgehead atoms. The lowest BCUT2D eigenvalue weighted by Crippen LogP contribution is -2.52. The van der Waals surface area contributed by atoms with Crippen LogP contribution in [0, 0.1) is 0 Å². The third kappa shape index (κ3) is 2.89. The first-order valence-corrected chi connectivity index (χ1v) is 6.93. The van der Waals surface area contributed by atoms with Gasteiger partial charge in [0, 0.05) is 25.1 Å². The predicted molar refractivity (Wildman–Crippen MR) is 77.4 cm³/mol. The van der Waals surface area contributed by atoms with Crippen molar-refractivity contribution in [3.8, 4) is 5.75 Å². The van der Waals surface area contributed by atoms with Crippen LogP contribution < -0.4 is 4.74 Å². The van der Waals surface area contributed by atoms with Gasteiger partial charge in [-0.2, -0.15) is 0 Å². The van der Waals surface area contributed by atoms with Crippen LogP contribution in [0.2, 0.25) is 0 Å². The minimum atomic E-state index is -0.501. The van der Waals surface area contributed by atoms with Crippen molar-refractivity contribution in [2.45, 2.75) is 18.6 Å². The van der Waals surface area contributed by atoms with Crippen molar-refractivity contribution in [1.29, 1.82) is 0 Å². The number of carbonyl (C=O) groups excluding carboxylic acids is 1. The first-order chi connectivity index (χ1) is 10.3. The molecule has 5 nitrogen and oxygen atoms in total. The van der Waals surface area contributed by atoms with Gasteiger partial charge in [-0.05, 0) is 12.1 Å². The molecule has 0 aliphatic heterocycles. The molecule has 1 aromatic carbocycles. The van der Waals surface area contributed by atoms with Gasteiger partial charge in [0.25, 0.3) is 0 Å². The quantitative estimate of drug-likeness (QED) is 0.760. The smallest absolute Gasteiger partial charge is 0.169 e. The second-order valence-corrected chi connectivity index (χ2v) is 4.94. The summed E-state index contributed by atoms with van der Waals surface area (Å²) in [5.74, 6) is 0.759. The Morgan fingerprint density at radius 3 is 2.90 bits per heavy atom. The molecule has 0 N–H and O–H groups in total. The molecule has 1 aromatic heterocycles. The fraction of sp³-hybridized carbons (Fsp3) is 0.375. The summed E-state index contributed by atoms with van der Waals surface area (Å²) in [5, 5.41) is 1.01. The number of aromatic nitrogens is 1. The molecule has 110 valence electrons. The lowest BCUT2D eigenvalue weighted by molar-refractivity contribution is -0.156. The Morgan fingerprint density at radius 2 is 2.10 bits per heavy atom. The summed E-state index contributed by atoms with van der Waals surface area (Å²) in [6, 6.07) is 9.63. The van der Waals surface area contributed by atoms with Crippen LogP contribution in [0.25, 0.3) is 10.9 Å². The van der Waals surface area contributed by atoms with E-state index in [0.29, 0.717) is 25.4 Å². The van der Waals surface area contributed by atoms with Crippen molar-refractivity contribution in [2.75, 3.05) is 20.3 Å². The van der Waals surface area contributed by atoms with Gasteiger partial charge in [0.1, 0.15) is 17.4 Å². The van der Waals surface area contributed by atoms with E-state index in [0.717, 1.165) is 10.9 Å². The normalized spacial score (nSPS) is 21.3. The number of nitrogens with zero attached hydrogens (tertiary/aromatic N) is 1. The van der Waals surface area contributed by atoms with Gasteiger partial charge in [-0.25, -0.2) is 0 Å². The van der Waals surface area contributed by atoms with Crippen LogP contribution in [0.1, 0.15) is 6.42 Å². The number of para-hydroxylation sites is 1. The highest BCUT2D eigenvalue weighted by Gasteiger charge is 2.42. The minimum absolute atomic E-state index is 0.0734. The number of carbonyl (C=O) groups is 1. The highest BCUT2D eigenvalue weighted by atomic mass is 16.6. The van der Waals surface area contributed by atoms with Crippen molar-refractivity contribution in [3.05, 3.63) is 36.5 Å². The Kier molecular flexibility index (Phi) is 4.13. The number of ketones is 1. The summed E-state index contributed by atoms with van der Waals surface area (Å²) in [6.07, 6.45) is 1.36. The van der Waals surface area contributed by atoms with Crippen LogP contribution in [0.15, 0.2) is 36.5 Å². The summed E-state index contributed by atoms with van der Waals surface area (Å²) in [5.41, 5.74) is 0.801. The molecule has 3 rings (SSSR count). The third-order valence-electron chi connectivity index (χ3n) is 3.52. The van der Waals surface area contributed by atoms with E-state index in [9.17, 15) is 4.79 Å². The predicted octanol–water partition coefficient (Wildman–Crippen LogP) is 1.99. The number of rotatable bonds is 6. The zero-order valence-electron chi connectivity index (χ0n) is 11.8. The van der Waals surface area contributed by atoms with E-state index in [-0.39, 0.29) is 11.9 Å². The third-order valence-corrected chi connectivity index (χ3v) is 3.52. The van der Waals surface area contributed by atoms with Crippen LogP contribution in [-0.4, -0.2) is 43.3 Å². The second kappa shape index (κ2) is 6.20. The molecule has 1 aliphatic rings. The highest BCUT2D eigenvalue weighted by molar-refractivity contribution is 5.91.